The van der Waals surface area contributed by atoms with E-state index in [1.54, 1.807) is 0 Å². The van der Waals surface area contributed by atoms with Crippen molar-refractivity contribution in [2.75, 3.05) is 4.90 Å². The molecule has 3 unspecified atom stereocenters. The number of hydrogen-bond acceptors (Lipinski definition) is 1. The number of rotatable bonds is 7. The Morgan fingerprint density at radius 1 is 0.559 bits per heavy atom. The summed E-state index contributed by atoms with van der Waals surface area (Å²) in [4.78, 5) is 2.61. The highest BCUT2D eigenvalue weighted by atomic mass is 15.2. The zero-order chi connectivity index (χ0) is 39.7. The van der Waals surface area contributed by atoms with Crippen LogP contribution >= 0.6 is 0 Å². The fraction of sp³-hybridized carbons (Fsp3) is 0.123. The molecule has 0 saturated carbocycles. The van der Waals surface area contributed by atoms with Crippen molar-refractivity contribution in [1.29, 1.82) is 0 Å². The molecule has 0 spiro atoms. The van der Waals surface area contributed by atoms with Gasteiger partial charge in [0.15, 0.2) is 0 Å². The SMILES string of the molecule is CCC1(c2ccccc2)c2ccccc2-c2ccc(N(c3ccc(-c4ccc5c(c4)c4ccccc4n5-c4ccc(C)cc4)cc3)C3c4ccccc4C=CC3C)cc21. The summed E-state index contributed by atoms with van der Waals surface area (Å²) in [5, 5.41) is 2.53. The van der Waals surface area contributed by atoms with Crippen LogP contribution in [0.4, 0.5) is 11.4 Å². The van der Waals surface area contributed by atoms with Crippen molar-refractivity contribution in [2.45, 2.75) is 38.6 Å². The zero-order valence-corrected chi connectivity index (χ0v) is 33.8. The van der Waals surface area contributed by atoms with E-state index in [9.17, 15) is 0 Å². The van der Waals surface area contributed by atoms with Gasteiger partial charge in [-0.25, -0.2) is 0 Å². The molecule has 1 aromatic heterocycles. The summed E-state index contributed by atoms with van der Waals surface area (Å²) in [6.07, 6.45) is 5.67. The molecule has 0 amide bonds. The number of para-hydroxylation sites is 1. The number of hydrogen-bond donors (Lipinski definition) is 0. The fourth-order valence-electron chi connectivity index (χ4n) is 10.5. The maximum atomic E-state index is 2.61. The lowest BCUT2D eigenvalue weighted by Crippen LogP contribution is -2.31. The van der Waals surface area contributed by atoms with Crippen LogP contribution in [0.1, 0.15) is 59.7 Å². The topological polar surface area (TPSA) is 8.17 Å². The van der Waals surface area contributed by atoms with Crippen LogP contribution in [0.15, 0.2) is 194 Å². The normalized spacial score (nSPS) is 17.8. The second-order valence-corrected chi connectivity index (χ2v) is 16.5. The van der Waals surface area contributed by atoms with Crippen molar-refractivity contribution in [1.82, 2.24) is 4.57 Å². The van der Waals surface area contributed by atoms with Gasteiger partial charge in [0.25, 0.3) is 0 Å². The molecule has 0 fully saturated rings. The summed E-state index contributed by atoms with van der Waals surface area (Å²) >= 11 is 0. The highest BCUT2D eigenvalue weighted by Crippen LogP contribution is 2.56. The number of aromatic nitrogens is 1. The predicted molar refractivity (Wildman–Crippen MR) is 249 cm³/mol. The van der Waals surface area contributed by atoms with Gasteiger partial charge in [-0.2, -0.15) is 0 Å². The Morgan fingerprint density at radius 3 is 2.07 bits per heavy atom. The lowest BCUT2D eigenvalue weighted by molar-refractivity contribution is 0.547. The summed E-state index contributed by atoms with van der Waals surface area (Å²) in [5.41, 5.74) is 18.9. The van der Waals surface area contributed by atoms with Gasteiger partial charge in [0.05, 0.1) is 17.1 Å². The molecule has 0 saturated heterocycles. The van der Waals surface area contributed by atoms with Gasteiger partial charge in [-0.15, -0.1) is 0 Å². The molecule has 0 aliphatic heterocycles. The van der Waals surface area contributed by atoms with E-state index in [4.69, 9.17) is 0 Å². The molecule has 0 bridgehead atoms. The minimum Gasteiger partial charge on any atom is -0.333 e. The van der Waals surface area contributed by atoms with Gasteiger partial charge in [0.2, 0.25) is 0 Å². The monoisotopic (exact) mass is 758 g/mol. The molecule has 2 aliphatic carbocycles. The second-order valence-electron chi connectivity index (χ2n) is 16.5. The molecule has 8 aromatic carbocycles. The highest BCUT2D eigenvalue weighted by molar-refractivity contribution is 6.10. The standard InChI is InChI=1S/C57H46N2/c1-4-57(43-15-6-5-7-16-43)52-20-12-10-18-48(52)49-34-33-46(37-53(49)57)58(56-39(3)24-25-41-14-8-9-17-47(41)56)44-31-26-40(27-32-44)42-28-35-55-51(36-42)50-19-11-13-21-54(50)59(55)45-29-22-38(2)23-30-45/h5-37,39,56H,4H2,1-3H3. The summed E-state index contributed by atoms with van der Waals surface area (Å²) in [5.74, 6) is 0.285. The van der Waals surface area contributed by atoms with E-state index < -0.39 is 0 Å². The molecular formula is C57H46N2. The van der Waals surface area contributed by atoms with Crippen LogP contribution in [0.3, 0.4) is 0 Å². The van der Waals surface area contributed by atoms with Crippen LogP contribution in [0.25, 0.3) is 55.8 Å². The summed E-state index contributed by atoms with van der Waals surface area (Å²) in [6.45, 7) is 6.86. The van der Waals surface area contributed by atoms with Gasteiger partial charge in [0.1, 0.15) is 0 Å². The molecule has 2 aliphatic rings. The first-order chi connectivity index (χ1) is 29.0. The maximum Gasteiger partial charge on any atom is 0.0657 e. The Bertz CT molecular complexity index is 3060. The lowest BCUT2D eigenvalue weighted by atomic mass is 9.70. The Hall–Kier alpha value is -6.90. The van der Waals surface area contributed by atoms with Crippen molar-refractivity contribution in [3.05, 3.63) is 228 Å². The Kier molecular flexibility index (Phi) is 8.30. The first kappa shape index (κ1) is 35.3. The summed E-state index contributed by atoms with van der Waals surface area (Å²) in [7, 11) is 0. The van der Waals surface area contributed by atoms with Crippen molar-refractivity contribution in [3.63, 3.8) is 0 Å². The largest absolute Gasteiger partial charge is 0.333 e. The quantitative estimate of drug-likeness (QED) is 0.157. The Morgan fingerprint density at radius 2 is 1.24 bits per heavy atom. The molecule has 2 nitrogen and oxygen atoms in total. The van der Waals surface area contributed by atoms with Crippen molar-refractivity contribution >= 4 is 39.3 Å². The van der Waals surface area contributed by atoms with Crippen LogP contribution < -0.4 is 4.90 Å². The van der Waals surface area contributed by atoms with E-state index in [1.807, 2.05) is 0 Å². The highest BCUT2D eigenvalue weighted by Gasteiger charge is 2.44. The average molecular weight is 759 g/mol. The number of nitrogens with zero attached hydrogens (tertiary/aromatic N) is 2. The minimum atomic E-state index is -0.240. The molecule has 0 radical (unpaired) electrons. The third kappa shape index (κ3) is 5.47. The molecule has 3 atom stereocenters. The van der Waals surface area contributed by atoms with Gasteiger partial charge in [-0.1, -0.05) is 165 Å². The van der Waals surface area contributed by atoms with E-state index in [2.05, 4.69) is 230 Å². The minimum absolute atomic E-state index is 0.112. The lowest BCUT2D eigenvalue weighted by Gasteiger charge is -2.40. The third-order valence-corrected chi connectivity index (χ3v) is 13.3. The van der Waals surface area contributed by atoms with Crippen LogP contribution in [0, 0.1) is 12.8 Å². The predicted octanol–water partition coefficient (Wildman–Crippen LogP) is 15.0. The molecule has 284 valence electrons. The Balaban J connectivity index is 1.06. The zero-order valence-electron chi connectivity index (χ0n) is 33.8. The van der Waals surface area contributed by atoms with E-state index in [-0.39, 0.29) is 17.4 Å². The van der Waals surface area contributed by atoms with Crippen molar-refractivity contribution in [2.24, 2.45) is 5.92 Å². The molecule has 9 aromatic rings. The van der Waals surface area contributed by atoms with E-state index in [0.717, 1.165) is 6.42 Å². The van der Waals surface area contributed by atoms with Gasteiger partial charge in [0, 0.05) is 33.2 Å². The number of fused-ring (bicyclic) bond motifs is 7. The van der Waals surface area contributed by atoms with E-state index >= 15 is 0 Å². The molecule has 11 rings (SSSR count). The van der Waals surface area contributed by atoms with Gasteiger partial charge in [-0.3, -0.25) is 0 Å². The first-order valence-electron chi connectivity index (χ1n) is 21.1. The van der Waals surface area contributed by atoms with Crippen molar-refractivity contribution in [3.8, 4) is 27.9 Å². The molecule has 0 N–H and O–H groups in total. The molecular weight excluding hydrogens is 713 g/mol. The van der Waals surface area contributed by atoms with Gasteiger partial charge in [-0.05, 0) is 124 Å². The number of aryl methyl sites for hydroxylation is 1. The van der Waals surface area contributed by atoms with E-state index in [0.29, 0.717) is 0 Å². The second kappa shape index (κ2) is 13.9. The summed E-state index contributed by atoms with van der Waals surface area (Å²) in [6, 6.07) is 70.5. The smallest absolute Gasteiger partial charge is 0.0657 e. The fourth-order valence-corrected chi connectivity index (χ4v) is 10.5. The summed E-state index contributed by atoms with van der Waals surface area (Å²) < 4.78 is 2.40. The van der Waals surface area contributed by atoms with Crippen LogP contribution in [0.2, 0.25) is 0 Å². The van der Waals surface area contributed by atoms with Gasteiger partial charge < -0.3 is 9.47 Å². The Labute approximate surface area is 347 Å². The molecule has 1 heterocycles. The van der Waals surface area contributed by atoms with Crippen molar-refractivity contribution < 1.29 is 0 Å². The van der Waals surface area contributed by atoms with Gasteiger partial charge >= 0.3 is 0 Å². The maximum absolute atomic E-state index is 2.61. The van der Waals surface area contributed by atoms with Crippen LogP contribution in [0.5, 0.6) is 0 Å². The van der Waals surface area contributed by atoms with Crippen LogP contribution in [-0.4, -0.2) is 4.57 Å². The average Bonchev–Trinajstić information content (AvgIpc) is 3.78. The van der Waals surface area contributed by atoms with Crippen LogP contribution in [-0.2, 0) is 5.41 Å². The first-order valence-corrected chi connectivity index (χ1v) is 21.1. The molecule has 2 heteroatoms. The number of anilines is 2. The molecule has 59 heavy (non-hydrogen) atoms. The van der Waals surface area contributed by atoms with E-state index in [1.165, 1.54) is 94.5 Å². The third-order valence-electron chi connectivity index (χ3n) is 13.3. The number of benzene rings is 8.